The van der Waals surface area contributed by atoms with Crippen molar-refractivity contribution in [3.63, 3.8) is 0 Å². The molecule has 1 unspecified atom stereocenters. The van der Waals surface area contributed by atoms with Crippen molar-refractivity contribution >= 4 is 5.91 Å². The lowest BCUT2D eigenvalue weighted by molar-refractivity contribution is 0.000113. The Morgan fingerprint density at radius 2 is 2.25 bits per heavy atom. The first-order valence-corrected chi connectivity index (χ1v) is 8.02. The molecule has 1 atom stereocenters. The average Bonchev–Trinajstić information content (AvgIpc) is 3.15. The van der Waals surface area contributed by atoms with Gasteiger partial charge in [0, 0.05) is 6.54 Å². The number of rotatable bonds is 4. The highest BCUT2D eigenvalue weighted by molar-refractivity contribution is 5.92. The zero-order chi connectivity index (χ0) is 17.3. The fourth-order valence-corrected chi connectivity index (χ4v) is 3.19. The van der Waals surface area contributed by atoms with Crippen LogP contribution in [0.3, 0.4) is 0 Å². The summed E-state index contributed by atoms with van der Waals surface area (Å²) in [7, 11) is 0. The van der Waals surface area contributed by atoms with E-state index < -0.39 is 5.60 Å². The Labute approximate surface area is 139 Å². The summed E-state index contributed by atoms with van der Waals surface area (Å²) in [4.78, 5) is 14.3. The lowest BCUT2D eigenvalue weighted by atomic mass is 9.96. The van der Waals surface area contributed by atoms with Crippen molar-refractivity contribution in [3.05, 3.63) is 47.5 Å². The molecule has 1 aromatic carbocycles. The maximum Gasteiger partial charge on any atom is 0.276 e. The molecule has 1 aliphatic rings. The second-order valence-corrected chi connectivity index (χ2v) is 6.74. The van der Waals surface area contributed by atoms with E-state index in [1.807, 2.05) is 0 Å². The molecule has 24 heavy (non-hydrogen) atoms. The molecule has 1 amide bonds. The number of halogens is 1. The predicted octanol–water partition coefficient (Wildman–Crippen LogP) is 1.84. The first kappa shape index (κ1) is 16.6. The molecule has 6 nitrogen and oxygen atoms in total. The van der Waals surface area contributed by atoms with E-state index in [2.05, 4.69) is 10.3 Å². The number of nitrogens with zero attached hydrogens (tertiary/aromatic N) is 4. The largest absolute Gasteiger partial charge is 0.388 e. The van der Waals surface area contributed by atoms with Crippen LogP contribution < -0.4 is 0 Å². The molecule has 0 aliphatic carbocycles. The van der Waals surface area contributed by atoms with Gasteiger partial charge in [0.25, 0.3) is 5.91 Å². The summed E-state index contributed by atoms with van der Waals surface area (Å²) in [6.07, 6.45) is 3.19. The van der Waals surface area contributed by atoms with Gasteiger partial charge in [-0.1, -0.05) is 17.3 Å². The smallest absolute Gasteiger partial charge is 0.276 e. The number of likely N-dealkylation sites (tertiary alicyclic amines) is 1. The standard InChI is InChI=1S/C17H21FN4O2/c1-17(2,24)15-7-4-8-22(15)16(23)14-11-21(20-19-14)10-12-5-3-6-13(18)9-12/h3,5-6,9,11,15,24H,4,7-8,10H2,1-2H3. The van der Waals surface area contributed by atoms with E-state index >= 15 is 0 Å². The van der Waals surface area contributed by atoms with Gasteiger partial charge in [0.1, 0.15) is 5.82 Å². The van der Waals surface area contributed by atoms with Gasteiger partial charge in [0.2, 0.25) is 0 Å². The van der Waals surface area contributed by atoms with Crippen LogP contribution in [0.15, 0.2) is 30.5 Å². The zero-order valence-electron chi connectivity index (χ0n) is 13.8. The Bertz CT molecular complexity index is 738. The Hall–Kier alpha value is -2.28. The van der Waals surface area contributed by atoms with E-state index in [0.717, 1.165) is 18.4 Å². The van der Waals surface area contributed by atoms with E-state index in [1.165, 1.54) is 16.8 Å². The van der Waals surface area contributed by atoms with Gasteiger partial charge in [-0.3, -0.25) is 4.79 Å². The predicted molar refractivity (Wildman–Crippen MR) is 85.9 cm³/mol. The lowest BCUT2D eigenvalue weighted by Crippen LogP contribution is -2.48. The number of aromatic nitrogens is 3. The molecule has 0 bridgehead atoms. The van der Waals surface area contributed by atoms with Crippen molar-refractivity contribution in [2.24, 2.45) is 0 Å². The Kier molecular flexibility index (Phi) is 4.36. The molecule has 2 heterocycles. The van der Waals surface area contributed by atoms with Crippen molar-refractivity contribution in [2.45, 2.75) is 44.9 Å². The maximum atomic E-state index is 13.2. The van der Waals surface area contributed by atoms with Crippen LogP contribution in [0.4, 0.5) is 4.39 Å². The van der Waals surface area contributed by atoms with Gasteiger partial charge in [0.05, 0.1) is 24.4 Å². The summed E-state index contributed by atoms with van der Waals surface area (Å²) in [5.74, 6) is -0.542. The normalized spacial score (nSPS) is 18.2. The summed E-state index contributed by atoms with van der Waals surface area (Å²) in [6.45, 7) is 4.37. The second-order valence-electron chi connectivity index (χ2n) is 6.74. The number of aliphatic hydroxyl groups is 1. The van der Waals surface area contributed by atoms with Crippen LogP contribution in [0.2, 0.25) is 0 Å². The van der Waals surface area contributed by atoms with Crippen LogP contribution in [0.1, 0.15) is 42.7 Å². The van der Waals surface area contributed by atoms with Crippen molar-refractivity contribution in [2.75, 3.05) is 6.54 Å². The summed E-state index contributed by atoms with van der Waals surface area (Å²) >= 11 is 0. The molecule has 1 fully saturated rings. The van der Waals surface area contributed by atoms with Crippen LogP contribution >= 0.6 is 0 Å². The number of hydrogen-bond donors (Lipinski definition) is 1. The molecule has 128 valence electrons. The topological polar surface area (TPSA) is 71.2 Å². The highest BCUT2D eigenvalue weighted by Crippen LogP contribution is 2.27. The second kappa shape index (κ2) is 6.32. The van der Waals surface area contributed by atoms with Gasteiger partial charge in [-0.15, -0.1) is 5.10 Å². The number of hydrogen-bond acceptors (Lipinski definition) is 4. The molecular formula is C17H21FN4O2. The van der Waals surface area contributed by atoms with E-state index in [1.54, 1.807) is 37.1 Å². The van der Waals surface area contributed by atoms with E-state index in [9.17, 15) is 14.3 Å². The van der Waals surface area contributed by atoms with Crippen LogP contribution in [-0.2, 0) is 6.54 Å². The van der Waals surface area contributed by atoms with Crippen molar-refractivity contribution in [1.82, 2.24) is 19.9 Å². The minimum atomic E-state index is -0.955. The molecule has 7 heteroatoms. The number of benzene rings is 1. The van der Waals surface area contributed by atoms with Gasteiger partial charge in [0.15, 0.2) is 5.69 Å². The third-order valence-corrected chi connectivity index (χ3v) is 4.32. The third-order valence-electron chi connectivity index (χ3n) is 4.32. The van der Waals surface area contributed by atoms with Crippen LogP contribution in [0, 0.1) is 5.82 Å². The number of carbonyl (C=O) groups is 1. The summed E-state index contributed by atoms with van der Waals surface area (Å²) in [5.41, 5.74) is 0.0287. The SMILES string of the molecule is CC(C)(O)C1CCCN1C(=O)c1cn(Cc2cccc(F)c2)nn1. The van der Waals surface area contributed by atoms with Gasteiger partial charge < -0.3 is 10.0 Å². The minimum Gasteiger partial charge on any atom is -0.388 e. The fraction of sp³-hybridized carbons (Fsp3) is 0.471. The summed E-state index contributed by atoms with van der Waals surface area (Å²) in [5, 5.41) is 18.1. The van der Waals surface area contributed by atoms with Crippen LogP contribution in [-0.4, -0.2) is 49.1 Å². The molecule has 2 aromatic rings. The molecule has 1 aromatic heterocycles. The molecular weight excluding hydrogens is 311 g/mol. The highest BCUT2D eigenvalue weighted by Gasteiger charge is 2.39. The van der Waals surface area contributed by atoms with Crippen molar-refractivity contribution in [3.8, 4) is 0 Å². The summed E-state index contributed by atoms with van der Waals surface area (Å²) < 4.78 is 14.7. The van der Waals surface area contributed by atoms with Crippen molar-refractivity contribution < 1.29 is 14.3 Å². The molecule has 3 rings (SSSR count). The van der Waals surface area contributed by atoms with E-state index in [-0.39, 0.29) is 23.5 Å². The quantitative estimate of drug-likeness (QED) is 0.927. The lowest BCUT2D eigenvalue weighted by Gasteiger charge is -2.33. The average molecular weight is 332 g/mol. The van der Waals surface area contributed by atoms with Crippen LogP contribution in [0.5, 0.6) is 0 Å². The maximum absolute atomic E-state index is 13.2. The first-order valence-electron chi connectivity index (χ1n) is 8.02. The fourth-order valence-electron chi connectivity index (χ4n) is 3.19. The van der Waals surface area contributed by atoms with Gasteiger partial charge in [-0.25, -0.2) is 9.07 Å². The number of amides is 1. The molecule has 1 N–H and O–H groups in total. The van der Waals surface area contributed by atoms with Gasteiger partial charge >= 0.3 is 0 Å². The first-order chi connectivity index (χ1) is 11.3. The van der Waals surface area contributed by atoms with Crippen LogP contribution in [0.25, 0.3) is 0 Å². The molecule has 1 aliphatic heterocycles. The Balaban J connectivity index is 1.74. The minimum absolute atomic E-state index is 0.224. The number of carbonyl (C=O) groups excluding carboxylic acids is 1. The molecule has 0 radical (unpaired) electrons. The van der Waals surface area contributed by atoms with E-state index in [0.29, 0.717) is 13.1 Å². The molecule has 0 spiro atoms. The zero-order valence-corrected chi connectivity index (χ0v) is 13.8. The third kappa shape index (κ3) is 3.46. The van der Waals surface area contributed by atoms with Crippen molar-refractivity contribution in [1.29, 1.82) is 0 Å². The summed E-state index contributed by atoms with van der Waals surface area (Å²) in [6, 6.07) is 6.00. The Morgan fingerprint density at radius 3 is 2.96 bits per heavy atom. The monoisotopic (exact) mass is 332 g/mol. The van der Waals surface area contributed by atoms with Gasteiger partial charge in [-0.2, -0.15) is 0 Å². The Morgan fingerprint density at radius 1 is 1.46 bits per heavy atom. The molecule has 1 saturated heterocycles. The van der Waals surface area contributed by atoms with E-state index in [4.69, 9.17) is 0 Å². The molecule has 0 saturated carbocycles. The van der Waals surface area contributed by atoms with Gasteiger partial charge in [-0.05, 0) is 44.4 Å². The highest BCUT2D eigenvalue weighted by atomic mass is 19.1.